The third-order valence-corrected chi connectivity index (χ3v) is 3.17. The number of ketones is 1. The maximum absolute atomic E-state index is 11.7. The van der Waals surface area contributed by atoms with E-state index >= 15 is 0 Å². The van der Waals surface area contributed by atoms with Gasteiger partial charge in [0.05, 0.1) is 5.75 Å². The Morgan fingerprint density at radius 1 is 1.53 bits per heavy atom. The first-order valence-electron chi connectivity index (χ1n) is 5.03. The third kappa shape index (κ3) is 3.72. The molecule has 0 bridgehead atoms. The molecule has 4 heteroatoms. The van der Waals surface area contributed by atoms with Crippen LogP contribution in [-0.2, 0) is 0 Å². The van der Waals surface area contributed by atoms with Crippen LogP contribution >= 0.6 is 11.8 Å². The number of carbonyl (C=O) groups is 1. The lowest BCUT2D eigenvalue weighted by Crippen LogP contribution is -2.03. The largest absolute Gasteiger partial charge is 0.396 e. The van der Waals surface area contributed by atoms with Gasteiger partial charge >= 0.3 is 0 Å². The van der Waals surface area contributed by atoms with Gasteiger partial charge in [-0.1, -0.05) is 0 Å². The van der Waals surface area contributed by atoms with Crippen molar-refractivity contribution in [3.8, 4) is 0 Å². The Bertz CT molecular complexity index is 333. The Balaban J connectivity index is 2.43. The maximum Gasteiger partial charge on any atom is 0.174 e. The molecule has 0 fully saturated rings. The summed E-state index contributed by atoms with van der Waals surface area (Å²) < 4.78 is 0. The Labute approximate surface area is 94.3 Å². The van der Waals surface area contributed by atoms with Crippen LogP contribution < -0.4 is 0 Å². The van der Waals surface area contributed by atoms with Crippen molar-refractivity contribution in [2.45, 2.75) is 20.3 Å². The Morgan fingerprint density at radius 2 is 2.27 bits per heavy atom. The van der Waals surface area contributed by atoms with Crippen LogP contribution in [0.25, 0.3) is 0 Å². The summed E-state index contributed by atoms with van der Waals surface area (Å²) in [6, 6.07) is 1.89. The number of nitrogens with one attached hydrogen (secondary N) is 1. The number of aromatic nitrogens is 1. The molecule has 84 valence electrons. The summed E-state index contributed by atoms with van der Waals surface area (Å²) in [6.45, 7) is 4.06. The summed E-state index contributed by atoms with van der Waals surface area (Å²) >= 11 is 1.58. The fourth-order valence-corrected chi connectivity index (χ4v) is 2.24. The van der Waals surface area contributed by atoms with Gasteiger partial charge in [0, 0.05) is 23.6 Å². The molecule has 2 N–H and O–H groups in total. The van der Waals surface area contributed by atoms with Crippen molar-refractivity contribution in [2.24, 2.45) is 0 Å². The van der Waals surface area contributed by atoms with E-state index in [4.69, 9.17) is 5.11 Å². The lowest BCUT2D eigenvalue weighted by molar-refractivity contribution is 0.102. The van der Waals surface area contributed by atoms with Crippen molar-refractivity contribution >= 4 is 17.5 Å². The van der Waals surface area contributed by atoms with E-state index in [0.29, 0.717) is 5.75 Å². The minimum atomic E-state index is 0.166. The van der Waals surface area contributed by atoms with E-state index in [0.717, 1.165) is 29.1 Å². The number of carbonyl (C=O) groups excluding carboxylic acids is 1. The van der Waals surface area contributed by atoms with Gasteiger partial charge in [-0.25, -0.2) is 0 Å². The van der Waals surface area contributed by atoms with Gasteiger partial charge in [0.1, 0.15) is 0 Å². The highest BCUT2D eigenvalue weighted by molar-refractivity contribution is 7.99. The van der Waals surface area contributed by atoms with Crippen LogP contribution in [0.2, 0.25) is 0 Å². The molecule has 0 unspecified atom stereocenters. The molecule has 1 aromatic rings. The lowest BCUT2D eigenvalue weighted by Gasteiger charge is -1.99. The first-order valence-corrected chi connectivity index (χ1v) is 6.18. The van der Waals surface area contributed by atoms with Crippen molar-refractivity contribution < 1.29 is 9.90 Å². The van der Waals surface area contributed by atoms with Gasteiger partial charge in [-0.05, 0) is 32.1 Å². The first-order chi connectivity index (χ1) is 7.15. The number of hydrogen-bond acceptors (Lipinski definition) is 3. The molecule has 0 radical (unpaired) electrons. The van der Waals surface area contributed by atoms with Crippen molar-refractivity contribution in [3.05, 3.63) is 23.0 Å². The standard InChI is InChI=1S/C11H17NO2S/c1-8-6-10(9(2)12-8)11(14)7-15-5-3-4-13/h6,12-13H,3-5,7H2,1-2H3. The third-order valence-electron chi connectivity index (χ3n) is 2.13. The van der Waals surface area contributed by atoms with E-state index in [1.165, 1.54) is 0 Å². The topological polar surface area (TPSA) is 53.1 Å². The Hall–Kier alpha value is -0.740. The molecule has 1 heterocycles. The van der Waals surface area contributed by atoms with E-state index in [2.05, 4.69) is 4.98 Å². The molecule has 0 saturated carbocycles. The number of aryl methyl sites for hydroxylation is 2. The van der Waals surface area contributed by atoms with E-state index in [1.807, 2.05) is 19.9 Å². The van der Waals surface area contributed by atoms with Crippen molar-refractivity contribution in [3.63, 3.8) is 0 Å². The number of thioether (sulfide) groups is 1. The highest BCUT2D eigenvalue weighted by Gasteiger charge is 2.10. The summed E-state index contributed by atoms with van der Waals surface area (Å²) in [5, 5.41) is 8.59. The van der Waals surface area contributed by atoms with Gasteiger partial charge in [-0.2, -0.15) is 11.8 Å². The highest BCUT2D eigenvalue weighted by Crippen LogP contribution is 2.13. The average Bonchev–Trinajstić information content (AvgIpc) is 2.52. The molecule has 0 spiro atoms. The summed E-state index contributed by atoms with van der Waals surface area (Å²) in [5.74, 6) is 1.50. The van der Waals surface area contributed by atoms with Gasteiger partial charge in [0.15, 0.2) is 5.78 Å². The number of rotatable bonds is 6. The van der Waals surface area contributed by atoms with Crippen LogP contribution in [-0.4, -0.2) is 34.0 Å². The molecule has 0 atom stereocenters. The molecule has 0 aromatic carbocycles. The zero-order chi connectivity index (χ0) is 11.3. The minimum absolute atomic E-state index is 0.166. The molecule has 0 saturated heterocycles. The quantitative estimate of drug-likeness (QED) is 0.577. The van der Waals surface area contributed by atoms with Gasteiger partial charge in [-0.3, -0.25) is 4.79 Å². The molecule has 1 rings (SSSR count). The minimum Gasteiger partial charge on any atom is -0.396 e. The van der Waals surface area contributed by atoms with Crippen LogP contribution in [0.5, 0.6) is 0 Å². The number of Topliss-reactive ketones (excluding diaryl/α,β-unsaturated/α-hetero) is 1. The monoisotopic (exact) mass is 227 g/mol. The van der Waals surface area contributed by atoms with Gasteiger partial charge in [-0.15, -0.1) is 0 Å². The number of aromatic amines is 1. The fraction of sp³-hybridized carbons (Fsp3) is 0.545. The molecule has 0 amide bonds. The summed E-state index contributed by atoms with van der Waals surface area (Å²) in [7, 11) is 0. The number of aliphatic hydroxyl groups excluding tert-OH is 1. The summed E-state index contributed by atoms with van der Waals surface area (Å²) in [4.78, 5) is 14.9. The predicted octanol–water partition coefficient (Wildman–Crippen LogP) is 1.93. The van der Waals surface area contributed by atoms with Crippen LogP contribution in [0.4, 0.5) is 0 Å². The summed E-state index contributed by atoms with van der Waals surface area (Å²) in [6.07, 6.45) is 0.753. The molecule has 1 aromatic heterocycles. The molecule has 0 aliphatic heterocycles. The number of H-pyrrole nitrogens is 1. The number of hydrogen-bond donors (Lipinski definition) is 2. The number of aliphatic hydroxyl groups is 1. The van der Waals surface area contributed by atoms with E-state index < -0.39 is 0 Å². The van der Waals surface area contributed by atoms with Crippen LogP contribution in [0.3, 0.4) is 0 Å². The van der Waals surface area contributed by atoms with E-state index in [9.17, 15) is 4.79 Å². The summed E-state index contributed by atoms with van der Waals surface area (Å²) in [5.41, 5.74) is 2.76. The zero-order valence-corrected chi connectivity index (χ0v) is 9.99. The Kier molecular flexibility index (Phi) is 4.91. The fourth-order valence-electron chi connectivity index (χ4n) is 1.42. The van der Waals surface area contributed by atoms with E-state index in [1.54, 1.807) is 11.8 Å². The maximum atomic E-state index is 11.7. The average molecular weight is 227 g/mol. The SMILES string of the molecule is Cc1cc(C(=O)CSCCCO)c(C)[nH]1. The second-order valence-corrected chi connectivity index (χ2v) is 4.65. The normalized spacial score (nSPS) is 10.6. The van der Waals surface area contributed by atoms with Crippen molar-refractivity contribution in [1.82, 2.24) is 4.98 Å². The zero-order valence-electron chi connectivity index (χ0n) is 9.17. The Morgan fingerprint density at radius 3 is 2.80 bits per heavy atom. The van der Waals surface area contributed by atoms with Gasteiger partial charge in [0.25, 0.3) is 0 Å². The van der Waals surface area contributed by atoms with Crippen LogP contribution in [0, 0.1) is 13.8 Å². The van der Waals surface area contributed by atoms with Gasteiger partial charge in [0.2, 0.25) is 0 Å². The predicted molar refractivity (Wildman–Crippen MR) is 63.6 cm³/mol. The molecule has 3 nitrogen and oxygen atoms in total. The molecule has 0 aliphatic carbocycles. The van der Waals surface area contributed by atoms with Crippen molar-refractivity contribution in [1.29, 1.82) is 0 Å². The smallest absolute Gasteiger partial charge is 0.174 e. The molecule has 0 aliphatic rings. The molecular formula is C11H17NO2S. The molecular weight excluding hydrogens is 210 g/mol. The highest BCUT2D eigenvalue weighted by atomic mass is 32.2. The second-order valence-electron chi connectivity index (χ2n) is 3.54. The van der Waals surface area contributed by atoms with Gasteiger partial charge < -0.3 is 10.1 Å². The lowest BCUT2D eigenvalue weighted by atomic mass is 10.2. The van der Waals surface area contributed by atoms with Crippen LogP contribution in [0.15, 0.2) is 6.07 Å². The molecule has 15 heavy (non-hydrogen) atoms. The van der Waals surface area contributed by atoms with Crippen LogP contribution in [0.1, 0.15) is 28.2 Å². The van der Waals surface area contributed by atoms with E-state index in [-0.39, 0.29) is 12.4 Å². The second kappa shape index (κ2) is 5.98. The van der Waals surface area contributed by atoms with Crippen molar-refractivity contribution in [2.75, 3.05) is 18.1 Å². The first kappa shape index (κ1) is 12.3.